The Balaban J connectivity index is 0.000000124. The lowest BCUT2D eigenvalue weighted by molar-refractivity contribution is -0.0499. The number of methoxy groups -OCH3 is 1. The summed E-state index contributed by atoms with van der Waals surface area (Å²) in [5.74, 6) is 0.680. The smallest absolute Gasteiger partial charge is 0.535 e. The van der Waals surface area contributed by atoms with Crippen molar-refractivity contribution in [3.8, 4) is 50.6 Å². The van der Waals surface area contributed by atoms with E-state index in [9.17, 15) is 26.7 Å². The Bertz CT molecular complexity index is 4700. The fourth-order valence-corrected chi connectivity index (χ4v) is 10.5. The molecule has 0 amide bonds. The zero-order chi connectivity index (χ0) is 54.4. The molecular weight excluding hydrogens is 1030 g/mol. The van der Waals surface area contributed by atoms with Crippen molar-refractivity contribution in [1.82, 2.24) is 0 Å². The first-order chi connectivity index (χ1) is 38.4. The fraction of sp³-hybridized carbons (Fsp3) is 0.0476. The van der Waals surface area contributed by atoms with Crippen LogP contribution in [0.5, 0.6) is 17.2 Å². The minimum Gasteiger partial charge on any atom is -0.535 e. The van der Waals surface area contributed by atoms with Crippen LogP contribution in [0.1, 0.15) is 5.56 Å². The van der Waals surface area contributed by atoms with Crippen molar-refractivity contribution in [2.45, 2.75) is 12.1 Å². The van der Waals surface area contributed by atoms with Gasteiger partial charge in [0.2, 0.25) is 0 Å². The van der Waals surface area contributed by atoms with Gasteiger partial charge in [0.15, 0.2) is 17.1 Å². The minimum atomic E-state index is -5.78. The zero-order valence-corrected chi connectivity index (χ0v) is 42.3. The molecule has 389 valence electrons. The van der Waals surface area contributed by atoms with E-state index in [1.807, 2.05) is 103 Å². The number of halogens is 3. The van der Waals surface area contributed by atoms with Crippen molar-refractivity contribution in [3.05, 3.63) is 212 Å². The number of para-hydroxylation sites is 2. The van der Waals surface area contributed by atoms with Crippen molar-refractivity contribution >= 4 is 106 Å². The summed E-state index contributed by atoms with van der Waals surface area (Å²) in [4.78, 5) is 0. The maximum atomic E-state index is 12.7. The number of aliphatic hydroxyl groups excluding tert-OH is 1. The number of hydrogen-bond acceptors (Lipinski definition) is 11. The highest BCUT2D eigenvalue weighted by atomic mass is 32.2. The number of aliphatic hydroxyl groups is 1. The van der Waals surface area contributed by atoms with Crippen LogP contribution in [-0.4, -0.2) is 38.9 Å². The predicted molar refractivity (Wildman–Crippen MR) is 301 cm³/mol. The Hall–Kier alpha value is -9.48. The second-order valence-corrected chi connectivity index (χ2v) is 19.7. The van der Waals surface area contributed by atoms with Crippen molar-refractivity contribution < 1.29 is 63.0 Å². The van der Waals surface area contributed by atoms with E-state index in [0.717, 1.165) is 99.9 Å². The fourth-order valence-electron chi connectivity index (χ4n) is 9.99. The van der Waals surface area contributed by atoms with Gasteiger partial charge < -0.3 is 41.4 Å². The van der Waals surface area contributed by atoms with Crippen LogP contribution in [-0.2, 0) is 16.7 Å². The van der Waals surface area contributed by atoms with E-state index in [4.69, 9.17) is 32.1 Å². The normalized spacial score (nSPS) is 11.8. The second-order valence-electron chi connectivity index (χ2n) is 18.2. The van der Waals surface area contributed by atoms with Gasteiger partial charge in [0.1, 0.15) is 44.8 Å². The van der Waals surface area contributed by atoms with Gasteiger partial charge >= 0.3 is 23.3 Å². The third-order valence-corrected chi connectivity index (χ3v) is 14.5. The molecule has 0 aliphatic heterocycles. The lowest BCUT2D eigenvalue weighted by atomic mass is 9.96. The SMILES string of the molecule is COc1ccc2c(oc3ccccc32)c1-c1cccc2oc3cc(-c4ccccc4)ccc3c12.O=S(=O)(Oc1cccc2oc3cc(-c4ccccc4)ccc3c12)C(F)(F)F.O[B]Oc1c(CO)ccc2c1oc1ccccc12. The molecule has 14 rings (SSSR count). The van der Waals surface area contributed by atoms with Crippen molar-refractivity contribution in [2.24, 2.45) is 0 Å². The third kappa shape index (κ3) is 9.20. The Kier molecular flexibility index (Phi) is 13.1. The van der Waals surface area contributed by atoms with Gasteiger partial charge in [0, 0.05) is 48.8 Å². The largest absolute Gasteiger partial charge is 0.569 e. The monoisotopic (exact) mass is 1070 g/mol. The first-order valence-electron chi connectivity index (χ1n) is 24.6. The van der Waals surface area contributed by atoms with Crippen molar-refractivity contribution in [3.63, 3.8) is 0 Å². The quantitative estimate of drug-likeness (QED) is 0.0806. The summed E-state index contributed by atoms with van der Waals surface area (Å²) < 4.78 is 100. The summed E-state index contributed by atoms with van der Waals surface area (Å²) >= 11 is 0. The Morgan fingerprint density at radius 1 is 0.481 bits per heavy atom. The van der Waals surface area contributed by atoms with E-state index < -0.39 is 21.4 Å². The topological polar surface area (TPSA) is 155 Å². The van der Waals surface area contributed by atoms with E-state index in [-0.39, 0.29) is 17.6 Å². The summed E-state index contributed by atoms with van der Waals surface area (Å²) in [6.45, 7) is -0.184. The molecule has 4 aromatic heterocycles. The molecule has 0 aliphatic rings. The molecule has 10 aromatic carbocycles. The van der Waals surface area contributed by atoms with Gasteiger partial charge in [-0.15, -0.1) is 0 Å². The average molecular weight is 1070 g/mol. The Morgan fingerprint density at radius 3 is 1.57 bits per heavy atom. The third-order valence-electron chi connectivity index (χ3n) is 13.6. The van der Waals surface area contributed by atoms with Crippen LogP contribution in [0.3, 0.4) is 0 Å². The van der Waals surface area contributed by atoms with E-state index in [1.54, 1.807) is 31.4 Å². The molecule has 0 bridgehead atoms. The lowest BCUT2D eigenvalue weighted by Gasteiger charge is -2.10. The van der Waals surface area contributed by atoms with Crippen LogP contribution in [0, 0.1) is 0 Å². The van der Waals surface area contributed by atoms with Crippen LogP contribution >= 0.6 is 0 Å². The maximum Gasteiger partial charge on any atom is 0.569 e. The van der Waals surface area contributed by atoms with Gasteiger partial charge in [0.05, 0.1) is 24.7 Å². The van der Waals surface area contributed by atoms with Gasteiger partial charge in [-0.25, -0.2) is 0 Å². The lowest BCUT2D eigenvalue weighted by Crippen LogP contribution is -2.28. The van der Waals surface area contributed by atoms with Crippen molar-refractivity contribution in [1.29, 1.82) is 0 Å². The number of benzene rings is 10. The number of rotatable bonds is 9. The molecule has 0 aliphatic carbocycles. The van der Waals surface area contributed by atoms with Crippen LogP contribution in [0.25, 0.3) is 121 Å². The predicted octanol–water partition coefficient (Wildman–Crippen LogP) is 16.3. The van der Waals surface area contributed by atoms with E-state index in [1.165, 1.54) is 17.7 Å². The van der Waals surface area contributed by atoms with Crippen LogP contribution in [0.2, 0.25) is 0 Å². The summed E-state index contributed by atoms with van der Waals surface area (Å²) in [5, 5.41) is 24.8. The summed E-state index contributed by atoms with van der Waals surface area (Å²) in [7, 11) is -3.50. The van der Waals surface area contributed by atoms with Crippen LogP contribution in [0.15, 0.2) is 224 Å². The summed E-state index contributed by atoms with van der Waals surface area (Å²) in [6, 6.07) is 65.1. The molecule has 0 saturated carbocycles. The number of furan rings is 4. The molecule has 4 heterocycles. The highest BCUT2D eigenvalue weighted by Gasteiger charge is 2.49. The Morgan fingerprint density at radius 2 is 0.987 bits per heavy atom. The van der Waals surface area contributed by atoms with Crippen LogP contribution < -0.4 is 13.6 Å². The van der Waals surface area contributed by atoms with E-state index >= 15 is 0 Å². The molecule has 79 heavy (non-hydrogen) atoms. The molecule has 1 radical (unpaired) electrons. The van der Waals surface area contributed by atoms with E-state index in [0.29, 0.717) is 35.6 Å². The highest BCUT2D eigenvalue weighted by molar-refractivity contribution is 7.88. The maximum absolute atomic E-state index is 12.7. The standard InChI is InChI=1S/C31H20O3.C19H11F3O4S.C13H10BO4/c1-32-26-17-16-22-21-10-5-6-12-25(21)34-31(22)30(26)24-11-7-13-27-29(24)23-15-14-20(18-28(23)33-27)19-8-3-2-4-9-19;20-19(21,22)27(23,24)26-16-8-4-7-15-18(16)14-10-9-13(11-17(14)25-15)12-5-2-1-3-6-12;15-7-8-5-6-10-9-3-1-2-4-11(9)17-13(10)12(8)18-14-16/h2-18H,1H3;1-11H;1-6,15-16H,7H2. The van der Waals surface area contributed by atoms with Gasteiger partial charge in [-0.1, -0.05) is 133 Å². The average Bonchev–Trinajstić information content (AvgIpc) is 4.42. The van der Waals surface area contributed by atoms with Gasteiger partial charge in [-0.05, 0) is 95.1 Å². The Labute approximate surface area is 448 Å². The summed E-state index contributed by atoms with van der Waals surface area (Å²) in [5.41, 5.74) is 6.39. The molecular formula is C63H41BF3O11S. The molecule has 0 saturated heterocycles. The molecule has 14 aromatic rings. The molecule has 2 N–H and O–H groups in total. The van der Waals surface area contributed by atoms with E-state index in [2.05, 4.69) is 64.8 Å². The molecule has 11 nitrogen and oxygen atoms in total. The first-order valence-corrected chi connectivity index (χ1v) is 26.0. The van der Waals surface area contributed by atoms with Crippen molar-refractivity contribution in [2.75, 3.05) is 7.11 Å². The number of ether oxygens (including phenoxy) is 1. The number of hydrogen-bond donors (Lipinski definition) is 2. The van der Waals surface area contributed by atoms with Gasteiger partial charge in [0.25, 0.3) is 0 Å². The number of fused-ring (bicyclic) bond motifs is 12. The van der Waals surface area contributed by atoms with Gasteiger partial charge in [-0.2, -0.15) is 21.6 Å². The molecule has 16 heteroatoms. The van der Waals surface area contributed by atoms with Crippen LogP contribution in [0.4, 0.5) is 13.2 Å². The zero-order valence-electron chi connectivity index (χ0n) is 41.5. The highest BCUT2D eigenvalue weighted by Crippen LogP contribution is 2.47. The molecule has 0 unspecified atom stereocenters. The molecule has 0 atom stereocenters. The number of alkyl halides is 3. The minimum absolute atomic E-state index is 0.167. The summed E-state index contributed by atoms with van der Waals surface area (Å²) in [6.07, 6.45) is 0. The second kappa shape index (κ2) is 20.5. The molecule has 0 spiro atoms. The molecule has 0 fully saturated rings. The first kappa shape index (κ1) is 50.3. The van der Waals surface area contributed by atoms with Gasteiger partial charge in [-0.3, -0.25) is 0 Å².